The zero-order chi connectivity index (χ0) is 15.7. The predicted octanol–water partition coefficient (Wildman–Crippen LogP) is 4.00. The standard InChI is InChI=1S/C16H13FN2O2S/c1-9-14-11(17)4-3-5-12(14)22-15(9)16(20)19-10-6-7-13(21-2)18-8-10/h3-8H,1-2H3,(H,19,20). The third-order valence-electron chi connectivity index (χ3n) is 3.31. The molecule has 112 valence electrons. The number of hydrogen-bond donors (Lipinski definition) is 1. The summed E-state index contributed by atoms with van der Waals surface area (Å²) in [4.78, 5) is 16.9. The molecule has 0 saturated heterocycles. The lowest BCUT2D eigenvalue weighted by atomic mass is 10.1. The maximum absolute atomic E-state index is 13.9. The second kappa shape index (κ2) is 5.73. The number of anilines is 1. The van der Waals surface area contributed by atoms with Gasteiger partial charge in [-0.1, -0.05) is 6.07 Å². The van der Waals surface area contributed by atoms with Crippen LogP contribution in [0.5, 0.6) is 5.88 Å². The highest BCUT2D eigenvalue weighted by atomic mass is 32.1. The Morgan fingerprint density at radius 2 is 2.14 bits per heavy atom. The van der Waals surface area contributed by atoms with Crippen LogP contribution in [0.4, 0.5) is 10.1 Å². The number of hydrogen-bond acceptors (Lipinski definition) is 4. The second-order valence-corrected chi connectivity index (χ2v) is 5.76. The minimum absolute atomic E-state index is 0.273. The molecule has 2 heterocycles. The van der Waals surface area contributed by atoms with Crippen LogP contribution in [-0.4, -0.2) is 18.0 Å². The van der Waals surface area contributed by atoms with Gasteiger partial charge in [0, 0.05) is 16.2 Å². The van der Waals surface area contributed by atoms with Crippen LogP contribution in [0.3, 0.4) is 0 Å². The molecule has 3 rings (SSSR count). The average molecular weight is 316 g/mol. The summed E-state index contributed by atoms with van der Waals surface area (Å²) in [6, 6.07) is 8.21. The van der Waals surface area contributed by atoms with Gasteiger partial charge in [0.25, 0.3) is 5.91 Å². The summed E-state index contributed by atoms with van der Waals surface area (Å²) in [6.07, 6.45) is 1.51. The number of carbonyl (C=O) groups is 1. The number of methoxy groups -OCH3 is 1. The molecule has 3 aromatic rings. The lowest BCUT2D eigenvalue weighted by Gasteiger charge is -2.05. The largest absolute Gasteiger partial charge is 0.481 e. The molecule has 6 heteroatoms. The Labute approximate surface area is 130 Å². The van der Waals surface area contributed by atoms with Gasteiger partial charge in [0.05, 0.1) is 23.9 Å². The van der Waals surface area contributed by atoms with Crippen LogP contribution < -0.4 is 10.1 Å². The maximum atomic E-state index is 13.9. The van der Waals surface area contributed by atoms with E-state index in [9.17, 15) is 9.18 Å². The third kappa shape index (κ3) is 2.53. The van der Waals surface area contributed by atoms with Crippen molar-refractivity contribution in [3.05, 3.63) is 52.8 Å². The van der Waals surface area contributed by atoms with Crippen LogP contribution in [0.1, 0.15) is 15.2 Å². The highest BCUT2D eigenvalue weighted by molar-refractivity contribution is 7.21. The van der Waals surface area contributed by atoms with Crippen LogP contribution in [-0.2, 0) is 0 Å². The number of pyridine rings is 1. The number of thiophene rings is 1. The number of halogens is 1. The lowest BCUT2D eigenvalue weighted by Crippen LogP contribution is -2.11. The van der Waals surface area contributed by atoms with Crippen molar-refractivity contribution in [1.82, 2.24) is 4.98 Å². The number of carbonyl (C=O) groups excluding carboxylic acids is 1. The molecule has 4 nitrogen and oxygen atoms in total. The highest BCUT2D eigenvalue weighted by Gasteiger charge is 2.17. The van der Waals surface area contributed by atoms with Gasteiger partial charge in [-0.2, -0.15) is 0 Å². The van der Waals surface area contributed by atoms with E-state index >= 15 is 0 Å². The van der Waals surface area contributed by atoms with Gasteiger partial charge in [-0.15, -0.1) is 11.3 Å². The summed E-state index contributed by atoms with van der Waals surface area (Å²) < 4.78 is 19.6. The first-order valence-electron chi connectivity index (χ1n) is 6.59. The second-order valence-electron chi connectivity index (χ2n) is 4.71. The van der Waals surface area contributed by atoms with Gasteiger partial charge >= 0.3 is 0 Å². The van der Waals surface area contributed by atoms with Crippen molar-refractivity contribution < 1.29 is 13.9 Å². The van der Waals surface area contributed by atoms with Crippen molar-refractivity contribution in [1.29, 1.82) is 0 Å². The molecule has 2 aromatic heterocycles. The lowest BCUT2D eigenvalue weighted by molar-refractivity contribution is 0.103. The first-order chi connectivity index (χ1) is 10.6. The van der Waals surface area contributed by atoms with Gasteiger partial charge in [-0.05, 0) is 30.7 Å². The molecular formula is C16H13FN2O2S. The molecule has 1 aromatic carbocycles. The summed E-state index contributed by atoms with van der Waals surface area (Å²) in [6.45, 7) is 1.75. The summed E-state index contributed by atoms with van der Waals surface area (Å²) in [7, 11) is 1.52. The molecule has 0 aliphatic carbocycles. The highest BCUT2D eigenvalue weighted by Crippen LogP contribution is 2.33. The number of nitrogens with one attached hydrogen (secondary N) is 1. The molecule has 0 bridgehead atoms. The zero-order valence-electron chi connectivity index (χ0n) is 12.0. The molecule has 0 saturated carbocycles. The number of ether oxygens (including phenoxy) is 1. The molecular weight excluding hydrogens is 303 g/mol. The van der Waals surface area contributed by atoms with Crippen molar-refractivity contribution in [3.8, 4) is 5.88 Å². The Morgan fingerprint density at radius 1 is 1.32 bits per heavy atom. The molecule has 22 heavy (non-hydrogen) atoms. The van der Waals surface area contributed by atoms with E-state index < -0.39 is 0 Å². The summed E-state index contributed by atoms with van der Waals surface area (Å²) in [5.41, 5.74) is 1.21. The van der Waals surface area contributed by atoms with Crippen molar-refractivity contribution >= 4 is 33.0 Å². The van der Waals surface area contributed by atoms with Crippen molar-refractivity contribution in [2.75, 3.05) is 12.4 Å². The van der Waals surface area contributed by atoms with Gasteiger partial charge in [0.1, 0.15) is 5.82 Å². The van der Waals surface area contributed by atoms with Gasteiger partial charge in [0.2, 0.25) is 5.88 Å². The fraction of sp³-hybridized carbons (Fsp3) is 0.125. The molecule has 0 atom stereocenters. The summed E-state index contributed by atoms with van der Waals surface area (Å²) >= 11 is 1.28. The quantitative estimate of drug-likeness (QED) is 0.794. The zero-order valence-corrected chi connectivity index (χ0v) is 12.8. The Morgan fingerprint density at radius 3 is 2.77 bits per heavy atom. The van der Waals surface area contributed by atoms with Gasteiger partial charge < -0.3 is 10.1 Å². The fourth-order valence-corrected chi connectivity index (χ4v) is 3.35. The van der Waals surface area contributed by atoms with Crippen LogP contribution in [0.25, 0.3) is 10.1 Å². The van der Waals surface area contributed by atoms with E-state index in [1.165, 1.54) is 30.7 Å². The minimum Gasteiger partial charge on any atom is -0.481 e. The number of nitrogens with zero attached hydrogens (tertiary/aromatic N) is 1. The van der Waals surface area contributed by atoms with Crippen molar-refractivity contribution in [3.63, 3.8) is 0 Å². The SMILES string of the molecule is COc1ccc(NC(=O)c2sc3cccc(F)c3c2C)cn1. The molecule has 0 fully saturated rings. The molecule has 0 unspecified atom stereocenters. The topological polar surface area (TPSA) is 51.2 Å². The van der Waals surface area contributed by atoms with Crippen LogP contribution in [0.2, 0.25) is 0 Å². The average Bonchev–Trinajstić information content (AvgIpc) is 2.86. The van der Waals surface area contributed by atoms with Crippen LogP contribution in [0, 0.1) is 12.7 Å². The van der Waals surface area contributed by atoms with Crippen LogP contribution in [0.15, 0.2) is 36.5 Å². The molecule has 0 radical (unpaired) electrons. The van der Waals surface area contributed by atoms with Gasteiger partial charge in [0.15, 0.2) is 0 Å². The van der Waals surface area contributed by atoms with E-state index in [4.69, 9.17) is 4.74 Å². The number of amides is 1. The smallest absolute Gasteiger partial charge is 0.266 e. The molecule has 0 spiro atoms. The molecule has 0 aliphatic rings. The monoisotopic (exact) mass is 316 g/mol. The maximum Gasteiger partial charge on any atom is 0.266 e. The Bertz CT molecular complexity index is 843. The van der Waals surface area contributed by atoms with Gasteiger partial charge in [-0.25, -0.2) is 9.37 Å². The number of fused-ring (bicyclic) bond motifs is 1. The Hall–Kier alpha value is -2.47. The van der Waals surface area contributed by atoms with E-state index in [0.29, 0.717) is 27.4 Å². The van der Waals surface area contributed by atoms with Crippen molar-refractivity contribution in [2.24, 2.45) is 0 Å². The third-order valence-corrected chi connectivity index (χ3v) is 4.57. The van der Waals surface area contributed by atoms with Crippen molar-refractivity contribution in [2.45, 2.75) is 6.92 Å². The minimum atomic E-state index is -0.309. The Balaban J connectivity index is 1.91. The summed E-state index contributed by atoms with van der Waals surface area (Å²) in [5.74, 6) is -0.111. The fourth-order valence-electron chi connectivity index (χ4n) is 2.23. The summed E-state index contributed by atoms with van der Waals surface area (Å²) in [5, 5.41) is 3.27. The first-order valence-corrected chi connectivity index (χ1v) is 7.41. The normalized spacial score (nSPS) is 10.7. The van der Waals surface area contributed by atoms with E-state index in [1.54, 1.807) is 25.1 Å². The molecule has 1 N–H and O–H groups in total. The molecule has 1 amide bonds. The van der Waals surface area contributed by atoms with Crippen LogP contribution >= 0.6 is 11.3 Å². The van der Waals surface area contributed by atoms with E-state index in [1.807, 2.05) is 6.07 Å². The Kier molecular flexibility index (Phi) is 3.77. The number of benzene rings is 1. The molecule has 0 aliphatic heterocycles. The number of aromatic nitrogens is 1. The van der Waals surface area contributed by atoms with E-state index in [0.717, 1.165) is 4.70 Å². The van der Waals surface area contributed by atoms with E-state index in [2.05, 4.69) is 10.3 Å². The number of aryl methyl sites for hydroxylation is 1. The number of rotatable bonds is 3. The van der Waals surface area contributed by atoms with Gasteiger partial charge in [-0.3, -0.25) is 4.79 Å². The first kappa shape index (κ1) is 14.5. The predicted molar refractivity (Wildman–Crippen MR) is 85.3 cm³/mol. The van der Waals surface area contributed by atoms with E-state index in [-0.39, 0.29) is 11.7 Å².